The highest BCUT2D eigenvalue weighted by Gasteiger charge is 2.02. The van der Waals surface area contributed by atoms with Crippen molar-refractivity contribution in [1.29, 1.82) is 0 Å². The molecule has 10 heavy (non-hydrogen) atoms. The number of nitrogens with one attached hydrogen (secondary N) is 2. The van der Waals surface area contributed by atoms with Gasteiger partial charge in [-0.25, -0.2) is 0 Å². The smallest absolute Gasteiger partial charge is 0.267 e. The molecule has 0 aliphatic carbocycles. The van der Waals surface area contributed by atoms with Gasteiger partial charge < -0.3 is 10.6 Å². The van der Waals surface area contributed by atoms with Crippen LogP contribution in [0, 0.1) is 0 Å². The average molecular weight is 142 g/mol. The van der Waals surface area contributed by atoms with E-state index in [-0.39, 0.29) is 11.6 Å². The predicted octanol–water partition coefficient (Wildman–Crippen LogP) is -0.618. The minimum atomic E-state index is -0.297. The molecule has 0 radical (unpaired) electrons. The summed E-state index contributed by atoms with van der Waals surface area (Å²) in [5.41, 5.74) is 0.262. The summed E-state index contributed by atoms with van der Waals surface area (Å²) in [4.78, 5) is 20.6. The van der Waals surface area contributed by atoms with Crippen LogP contribution >= 0.6 is 0 Å². The maximum Gasteiger partial charge on any atom is 0.267 e. The molecule has 4 heteroatoms. The Balaban J connectivity index is 4.08. The topological polar surface area (TPSA) is 58.2 Å². The molecule has 0 saturated heterocycles. The van der Waals surface area contributed by atoms with Crippen molar-refractivity contribution in [3.8, 4) is 0 Å². The highest BCUT2D eigenvalue weighted by atomic mass is 16.2. The van der Waals surface area contributed by atoms with E-state index in [4.69, 9.17) is 0 Å². The lowest BCUT2D eigenvalue weighted by Crippen LogP contribution is -2.28. The van der Waals surface area contributed by atoms with E-state index in [0.717, 1.165) is 0 Å². The van der Waals surface area contributed by atoms with Crippen LogP contribution in [0.2, 0.25) is 0 Å². The molecule has 0 rings (SSSR count). The van der Waals surface area contributed by atoms with Gasteiger partial charge in [0.2, 0.25) is 6.41 Å². The molecular formula is C6H10N2O2. The van der Waals surface area contributed by atoms with Crippen molar-refractivity contribution < 1.29 is 9.59 Å². The van der Waals surface area contributed by atoms with Gasteiger partial charge in [-0.15, -0.1) is 0 Å². The molecule has 0 aromatic heterocycles. The van der Waals surface area contributed by atoms with E-state index in [9.17, 15) is 9.59 Å². The van der Waals surface area contributed by atoms with Crippen molar-refractivity contribution in [2.75, 3.05) is 7.05 Å². The first-order valence-electron chi connectivity index (χ1n) is 2.84. The van der Waals surface area contributed by atoms with Crippen molar-refractivity contribution in [3.05, 3.63) is 11.8 Å². The fourth-order valence-electron chi connectivity index (χ4n) is 0.478. The third-order valence-corrected chi connectivity index (χ3v) is 0.975. The maximum atomic E-state index is 10.7. The highest BCUT2D eigenvalue weighted by molar-refractivity contribution is 5.94. The molecule has 0 spiro atoms. The van der Waals surface area contributed by atoms with Crippen molar-refractivity contribution in [2.24, 2.45) is 0 Å². The summed E-state index contributed by atoms with van der Waals surface area (Å²) in [5, 5.41) is 4.62. The standard InChI is InChI=1S/C6H10N2O2/c1-3-5(8-4-9)6(10)7-2/h3-4H,1-2H3,(H,7,10)(H,8,9). The molecule has 0 atom stereocenters. The van der Waals surface area contributed by atoms with Gasteiger partial charge in [0, 0.05) is 7.05 Å². The Bertz CT molecular complexity index is 163. The molecule has 0 aromatic rings. The van der Waals surface area contributed by atoms with Crippen molar-refractivity contribution in [3.63, 3.8) is 0 Å². The van der Waals surface area contributed by atoms with Gasteiger partial charge in [0.1, 0.15) is 5.70 Å². The summed E-state index contributed by atoms with van der Waals surface area (Å²) in [5.74, 6) is -0.297. The number of allylic oxidation sites excluding steroid dienone is 1. The number of rotatable bonds is 3. The summed E-state index contributed by atoms with van der Waals surface area (Å²) in [6, 6.07) is 0. The molecule has 0 aromatic carbocycles. The number of amides is 2. The number of carbonyl (C=O) groups is 2. The molecule has 0 fully saturated rings. The number of hydrogen-bond acceptors (Lipinski definition) is 2. The third-order valence-electron chi connectivity index (χ3n) is 0.975. The quantitative estimate of drug-likeness (QED) is 0.407. The Hall–Kier alpha value is -1.32. The molecule has 0 aliphatic rings. The van der Waals surface area contributed by atoms with Gasteiger partial charge in [-0.05, 0) is 6.92 Å². The van der Waals surface area contributed by atoms with Gasteiger partial charge in [0.15, 0.2) is 0 Å². The Morgan fingerprint density at radius 1 is 1.50 bits per heavy atom. The zero-order valence-corrected chi connectivity index (χ0v) is 5.97. The highest BCUT2D eigenvalue weighted by Crippen LogP contribution is 1.84. The first kappa shape index (κ1) is 8.68. The molecule has 4 nitrogen and oxygen atoms in total. The molecule has 56 valence electrons. The van der Waals surface area contributed by atoms with Gasteiger partial charge in [0.05, 0.1) is 0 Å². The monoisotopic (exact) mass is 142 g/mol. The summed E-state index contributed by atoms with van der Waals surface area (Å²) in [6.07, 6.45) is 1.98. The van der Waals surface area contributed by atoms with Crippen molar-refractivity contribution in [1.82, 2.24) is 10.6 Å². The second-order valence-corrected chi connectivity index (χ2v) is 1.54. The van der Waals surface area contributed by atoms with E-state index >= 15 is 0 Å². The lowest BCUT2D eigenvalue weighted by atomic mass is 10.4. The number of carbonyl (C=O) groups excluding carboxylic acids is 2. The van der Waals surface area contributed by atoms with E-state index in [1.54, 1.807) is 6.92 Å². The normalized spacial score (nSPS) is 10.4. The zero-order chi connectivity index (χ0) is 7.98. The molecule has 0 bridgehead atoms. The third kappa shape index (κ3) is 2.30. The van der Waals surface area contributed by atoms with E-state index in [1.165, 1.54) is 13.1 Å². The van der Waals surface area contributed by atoms with Crippen LogP contribution in [0.3, 0.4) is 0 Å². The van der Waals surface area contributed by atoms with Crippen LogP contribution < -0.4 is 10.6 Å². The lowest BCUT2D eigenvalue weighted by Gasteiger charge is -2.00. The molecule has 0 saturated carbocycles. The first-order chi connectivity index (χ1) is 4.76. The van der Waals surface area contributed by atoms with Crippen LogP contribution in [0.4, 0.5) is 0 Å². The summed E-state index contributed by atoms with van der Waals surface area (Å²) in [7, 11) is 1.50. The molecule has 2 amide bonds. The van der Waals surface area contributed by atoms with Gasteiger partial charge in [0.25, 0.3) is 5.91 Å². The molecular weight excluding hydrogens is 132 g/mol. The van der Waals surface area contributed by atoms with Gasteiger partial charge in [-0.2, -0.15) is 0 Å². The summed E-state index contributed by atoms with van der Waals surface area (Å²) < 4.78 is 0. The van der Waals surface area contributed by atoms with E-state index < -0.39 is 0 Å². The minimum absolute atomic E-state index is 0.262. The minimum Gasteiger partial charge on any atom is -0.354 e. The predicted molar refractivity (Wildman–Crippen MR) is 37.0 cm³/mol. The Kier molecular flexibility index (Phi) is 3.95. The van der Waals surface area contributed by atoms with Crippen molar-refractivity contribution in [2.45, 2.75) is 6.92 Å². The fraction of sp³-hybridized carbons (Fsp3) is 0.333. The summed E-state index contributed by atoms with van der Waals surface area (Å²) in [6.45, 7) is 1.67. The largest absolute Gasteiger partial charge is 0.354 e. The Morgan fingerprint density at radius 2 is 2.10 bits per heavy atom. The SMILES string of the molecule is CC=C(NC=O)C(=O)NC. The molecule has 0 aliphatic heterocycles. The lowest BCUT2D eigenvalue weighted by molar-refractivity contribution is -0.119. The molecule has 2 N–H and O–H groups in total. The Labute approximate surface area is 59.3 Å². The second kappa shape index (κ2) is 4.55. The van der Waals surface area contributed by atoms with Crippen LogP contribution in [0.25, 0.3) is 0 Å². The second-order valence-electron chi connectivity index (χ2n) is 1.54. The fourth-order valence-corrected chi connectivity index (χ4v) is 0.478. The first-order valence-corrected chi connectivity index (χ1v) is 2.84. The number of likely N-dealkylation sites (N-methyl/N-ethyl adjacent to an activating group) is 1. The van der Waals surface area contributed by atoms with Crippen LogP contribution in [0.5, 0.6) is 0 Å². The molecule has 0 heterocycles. The van der Waals surface area contributed by atoms with E-state index in [1.807, 2.05) is 0 Å². The van der Waals surface area contributed by atoms with E-state index in [0.29, 0.717) is 6.41 Å². The van der Waals surface area contributed by atoms with Gasteiger partial charge >= 0.3 is 0 Å². The maximum absolute atomic E-state index is 10.7. The van der Waals surface area contributed by atoms with E-state index in [2.05, 4.69) is 10.6 Å². The van der Waals surface area contributed by atoms with Crippen LogP contribution in [-0.2, 0) is 9.59 Å². The van der Waals surface area contributed by atoms with Gasteiger partial charge in [-0.3, -0.25) is 9.59 Å². The van der Waals surface area contributed by atoms with Crippen molar-refractivity contribution >= 4 is 12.3 Å². The van der Waals surface area contributed by atoms with Gasteiger partial charge in [-0.1, -0.05) is 6.08 Å². The number of hydrogen-bond donors (Lipinski definition) is 2. The zero-order valence-electron chi connectivity index (χ0n) is 5.97. The van der Waals surface area contributed by atoms with Crippen LogP contribution in [0.15, 0.2) is 11.8 Å². The Morgan fingerprint density at radius 3 is 2.40 bits per heavy atom. The van der Waals surface area contributed by atoms with Crippen LogP contribution in [0.1, 0.15) is 6.92 Å². The average Bonchev–Trinajstić information content (AvgIpc) is 1.99. The summed E-state index contributed by atoms with van der Waals surface area (Å²) >= 11 is 0. The van der Waals surface area contributed by atoms with Crippen LogP contribution in [-0.4, -0.2) is 19.4 Å². The molecule has 0 unspecified atom stereocenters.